The molecule has 7 rings (SSSR count). The summed E-state index contributed by atoms with van der Waals surface area (Å²) < 4.78 is 30.1. The van der Waals surface area contributed by atoms with Crippen molar-refractivity contribution in [2.24, 2.45) is 10.9 Å². The van der Waals surface area contributed by atoms with Crippen molar-refractivity contribution in [2.75, 3.05) is 36.4 Å². The van der Waals surface area contributed by atoms with Crippen LogP contribution in [-0.2, 0) is 6.54 Å². The number of likely N-dealkylation sites (tertiary alicyclic amines) is 1. The Morgan fingerprint density at radius 3 is 2.68 bits per heavy atom. The van der Waals surface area contributed by atoms with Gasteiger partial charge in [0.15, 0.2) is 11.6 Å². The van der Waals surface area contributed by atoms with E-state index in [0.717, 1.165) is 76.1 Å². The van der Waals surface area contributed by atoms with Crippen molar-refractivity contribution < 1.29 is 8.78 Å². The van der Waals surface area contributed by atoms with Crippen molar-refractivity contribution >= 4 is 29.9 Å². The largest absolute Gasteiger partial charge is 0.364 e. The van der Waals surface area contributed by atoms with Gasteiger partial charge in [0.25, 0.3) is 0 Å². The summed E-state index contributed by atoms with van der Waals surface area (Å²) in [6.07, 6.45) is 7.21. The summed E-state index contributed by atoms with van der Waals surface area (Å²) in [5.74, 6) is 0.353. The number of nitrogens with one attached hydrogen (secondary N) is 2. The molecule has 1 saturated carbocycles. The van der Waals surface area contributed by atoms with Gasteiger partial charge in [-0.25, -0.2) is 23.7 Å². The summed E-state index contributed by atoms with van der Waals surface area (Å²) in [5, 5.41) is 6.53. The fourth-order valence-corrected chi connectivity index (χ4v) is 6.33. The number of aliphatic imine (C=N–C) groups is 1. The van der Waals surface area contributed by atoms with Crippen LogP contribution < -0.4 is 15.5 Å². The summed E-state index contributed by atoms with van der Waals surface area (Å²) >= 11 is 0. The molecule has 3 aromatic rings. The number of fused-ring (bicyclic) bond motifs is 1. The second-order valence-corrected chi connectivity index (χ2v) is 11.0. The minimum absolute atomic E-state index is 0.0243. The molecule has 2 atom stereocenters. The van der Waals surface area contributed by atoms with E-state index >= 15 is 4.39 Å². The molecule has 38 heavy (non-hydrogen) atoms. The van der Waals surface area contributed by atoms with E-state index in [4.69, 9.17) is 0 Å². The first-order valence-electron chi connectivity index (χ1n) is 13.3. The van der Waals surface area contributed by atoms with Crippen molar-refractivity contribution in [1.29, 1.82) is 0 Å². The zero-order valence-corrected chi connectivity index (χ0v) is 21.1. The molecule has 10 heteroatoms. The lowest BCUT2D eigenvalue weighted by atomic mass is 9.96. The Morgan fingerprint density at radius 1 is 1.11 bits per heavy atom. The van der Waals surface area contributed by atoms with Gasteiger partial charge in [0.1, 0.15) is 17.2 Å². The van der Waals surface area contributed by atoms with Gasteiger partial charge in [-0.2, -0.15) is 0 Å². The van der Waals surface area contributed by atoms with Crippen LogP contribution in [0.15, 0.2) is 41.7 Å². The van der Waals surface area contributed by atoms with Gasteiger partial charge in [0, 0.05) is 62.0 Å². The second kappa shape index (κ2) is 9.06. The lowest BCUT2D eigenvalue weighted by Gasteiger charge is -2.30. The topological polar surface area (TPSA) is 81.6 Å². The van der Waals surface area contributed by atoms with Crippen LogP contribution in [0.1, 0.15) is 31.2 Å². The fraction of sp³-hybridized carbons (Fsp3) is 0.429. The number of rotatable bonds is 7. The van der Waals surface area contributed by atoms with Crippen molar-refractivity contribution in [2.45, 2.75) is 43.8 Å². The molecular weight excluding hydrogens is 486 g/mol. The van der Waals surface area contributed by atoms with E-state index in [9.17, 15) is 4.39 Å². The molecule has 4 fully saturated rings. The van der Waals surface area contributed by atoms with Crippen LogP contribution in [-0.4, -0.2) is 64.3 Å². The van der Waals surface area contributed by atoms with Crippen LogP contribution in [0, 0.1) is 17.6 Å². The molecule has 0 radical (unpaired) electrons. The van der Waals surface area contributed by atoms with Crippen LogP contribution in [0.5, 0.6) is 0 Å². The zero-order chi connectivity index (χ0) is 25.9. The lowest BCUT2D eigenvalue weighted by molar-refractivity contribution is 0.295. The molecule has 3 aliphatic heterocycles. The van der Waals surface area contributed by atoms with Gasteiger partial charge in [0.2, 0.25) is 5.95 Å². The quantitative estimate of drug-likeness (QED) is 0.450. The Labute approximate surface area is 220 Å². The van der Waals surface area contributed by atoms with Crippen LogP contribution in [0.3, 0.4) is 0 Å². The molecule has 2 unspecified atom stereocenters. The Balaban J connectivity index is 1.12. The Bertz CT molecular complexity index is 1380. The van der Waals surface area contributed by atoms with Gasteiger partial charge in [0.05, 0.1) is 11.9 Å². The monoisotopic (exact) mass is 516 g/mol. The molecule has 0 bridgehead atoms. The highest BCUT2D eigenvalue weighted by atomic mass is 19.1. The molecule has 2 aromatic heterocycles. The SMILES string of the molecule is C=Nc1c(F)cc(-c2nc(Nc3ccc(CN4CC5CNC5C4)cn3)ncc2F)cc1N1CCCC12CC2. The molecule has 1 aliphatic carbocycles. The lowest BCUT2D eigenvalue weighted by Crippen LogP contribution is -2.51. The maximum absolute atomic E-state index is 15.2. The fourth-order valence-electron chi connectivity index (χ4n) is 6.33. The minimum atomic E-state index is -0.625. The van der Waals surface area contributed by atoms with E-state index in [-0.39, 0.29) is 22.9 Å². The zero-order valence-electron chi connectivity index (χ0n) is 21.1. The predicted molar refractivity (Wildman–Crippen MR) is 143 cm³/mol. The van der Waals surface area contributed by atoms with E-state index < -0.39 is 11.6 Å². The Kier molecular flexibility index (Phi) is 5.63. The van der Waals surface area contributed by atoms with Crippen LogP contribution >= 0.6 is 0 Å². The van der Waals surface area contributed by atoms with Crippen LogP contribution in [0.25, 0.3) is 11.3 Å². The normalized spacial score (nSPS) is 23.4. The number of aromatic nitrogens is 3. The molecule has 1 aromatic carbocycles. The molecule has 0 amide bonds. The summed E-state index contributed by atoms with van der Waals surface area (Å²) in [4.78, 5) is 21.6. The van der Waals surface area contributed by atoms with E-state index in [1.807, 2.05) is 18.3 Å². The number of nitrogens with zero attached hydrogens (tertiary/aromatic N) is 6. The van der Waals surface area contributed by atoms with Gasteiger partial charge in [-0.1, -0.05) is 6.07 Å². The summed E-state index contributed by atoms with van der Waals surface area (Å²) in [7, 11) is 0. The number of hydrogen-bond acceptors (Lipinski definition) is 8. The van der Waals surface area contributed by atoms with Crippen LogP contribution in [0.4, 0.5) is 31.9 Å². The van der Waals surface area contributed by atoms with Gasteiger partial charge in [-0.3, -0.25) is 9.89 Å². The van der Waals surface area contributed by atoms with Crippen molar-refractivity contribution in [1.82, 2.24) is 25.2 Å². The third-order valence-corrected chi connectivity index (χ3v) is 8.56. The first kappa shape index (κ1) is 23.6. The van der Waals surface area contributed by atoms with Crippen LogP contribution in [0.2, 0.25) is 0 Å². The standard InChI is InChI=1S/C28H30F2N8/c1-31-26-20(29)9-18(10-23(26)38-8-2-5-28(38)6-7-28)25-21(30)13-34-27(36-25)35-24-4-3-17(11-33-24)14-37-15-19-12-32-22(19)16-37/h3-4,9-11,13,19,22,32H,1-2,5-8,12,14-16H2,(H,33,34,35,36). The number of anilines is 3. The van der Waals surface area contributed by atoms with E-state index in [0.29, 0.717) is 23.1 Å². The second-order valence-electron chi connectivity index (χ2n) is 11.0. The average Bonchev–Trinajstić information content (AvgIpc) is 3.48. The number of pyridine rings is 1. The van der Waals surface area contributed by atoms with E-state index in [2.05, 4.69) is 47.1 Å². The number of halogens is 2. The first-order valence-corrected chi connectivity index (χ1v) is 13.3. The summed E-state index contributed by atoms with van der Waals surface area (Å²) in [6, 6.07) is 7.58. The average molecular weight is 517 g/mol. The minimum Gasteiger partial charge on any atom is -0.364 e. The molecule has 2 N–H and O–H groups in total. The Morgan fingerprint density at radius 2 is 2.00 bits per heavy atom. The molecule has 3 saturated heterocycles. The van der Waals surface area contributed by atoms with Gasteiger partial charge in [-0.05, 0) is 56.2 Å². The summed E-state index contributed by atoms with van der Waals surface area (Å²) in [5.41, 5.74) is 2.43. The maximum Gasteiger partial charge on any atom is 0.229 e. The summed E-state index contributed by atoms with van der Waals surface area (Å²) in [6.45, 7) is 8.57. The first-order chi connectivity index (χ1) is 18.5. The van der Waals surface area contributed by atoms with Crippen molar-refractivity contribution in [3.63, 3.8) is 0 Å². The van der Waals surface area contributed by atoms with Crippen molar-refractivity contribution in [3.8, 4) is 11.3 Å². The Hall–Kier alpha value is -3.50. The highest BCUT2D eigenvalue weighted by Gasteiger charge is 2.51. The van der Waals surface area contributed by atoms with Gasteiger partial charge >= 0.3 is 0 Å². The highest BCUT2D eigenvalue weighted by molar-refractivity contribution is 5.79. The number of hydrogen-bond donors (Lipinski definition) is 2. The van der Waals surface area contributed by atoms with Gasteiger partial charge < -0.3 is 15.5 Å². The maximum atomic E-state index is 15.2. The predicted octanol–water partition coefficient (Wildman–Crippen LogP) is 4.43. The smallest absolute Gasteiger partial charge is 0.229 e. The molecular formula is C28H30F2N8. The number of benzene rings is 1. The van der Waals surface area contributed by atoms with Crippen molar-refractivity contribution in [3.05, 3.63) is 53.9 Å². The third kappa shape index (κ3) is 4.12. The van der Waals surface area contributed by atoms with Gasteiger partial charge in [-0.15, -0.1) is 0 Å². The van der Waals surface area contributed by atoms with E-state index in [1.54, 1.807) is 6.07 Å². The molecule has 5 heterocycles. The van der Waals surface area contributed by atoms with E-state index in [1.165, 1.54) is 6.07 Å². The molecule has 196 valence electrons. The molecule has 1 spiro atoms. The highest BCUT2D eigenvalue weighted by Crippen LogP contribution is 2.53. The molecule has 8 nitrogen and oxygen atoms in total. The third-order valence-electron chi connectivity index (χ3n) is 8.56. The molecule has 4 aliphatic rings.